The van der Waals surface area contributed by atoms with Gasteiger partial charge in [0.05, 0.1) is 5.02 Å². The number of halogens is 2. The molecule has 0 saturated carbocycles. The van der Waals surface area contributed by atoms with Crippen LogP contribution in [0.25, 0.3) is 11.1 Å². The maximum absolute atomic E-state index is 13.1. The third-order valence-electron chi connectivity index (χ3n) is 2.72. The van der Waals surface area contributed by atoms with Crippen molar-refractivity contribution in [3.8, 4) is 11.1 Å². The summed E-state index contributed by atoms with van der Waals surface area (Å²) in [7, 11) is 0. The van der Waals surface area contributed by atoms with E-state index < -0.39 is 5.82 Å². The Morgan fingerprint density at radius 2 is 1.94 bits per heavy atom. The highest BCUT2D eigenvalue weighted by Gasteiger charge is 2.07. The van der Waals surface area contributed by atoms with Crippen LogP contribution in [-0.2, 0) is 6.54 Å². The number of aryl methyl sites for hydroxylation is 1. The van der Waals surface area contributed by atoms with Crippen molar-refractivity contribution in [2.45, 2.75) is 13.5 Å². The molecule has 0 fully saturated rings. The minimum absolute atomic E-state index is 0.131. The van der Waals surface area contributed by atoms with Gasteiger partial charge in [-0.3, -0.25) is 0 Å². The lowest BCUT2D eigenvalue weighted by molar-refractivity contribution is 0.628. The third kappa shape index (κ3) is 2.48. The summed E-state index contributed by atoms with van der Waals surface area (Å²) in [5, 5.41) is 0.131. The monoisotopic (exact) mass is 249 g/mol. The van der Waals surface area contributed by atoms with Gasteiger partial charge in [0.25, 0.3) is 0 Å². The van der Waals surface area contributed by atoms with Gasteiger partial charge in [-0.2, -0.15) is 0 Å². The smallest absolute Gasteiger partial charge is 0.141 e. The molecule has 0 spiro atoms. The molecule has 3 heteroatoms. The van der Waals surface area contributed by atoms with Gasteiger partial charge in [-0.15, -0.1) is 0 Å². The van der Waals surface area contributed by atoms with Gasteiger partial charge in [-0.25, -0.2) is 4.39 Å². The molecule has 0 amide bonds. The number of benzene rings is 2. The van der Waals surface area contributed by atoms with Crippen LogP contribution in [0.15, 0.2) is 36.4 Å². The van der Waals surface area contributed by atoms with Gasteiger partial charge in [0.15, 0.2) is 0 Å². The van der Waals surface area contributed by atoms with Gasteiger partial charge in [0.1, 0.15) is 5.82 Å². The predicted octanol–water partition coefficient (Wildman–Crippen LogP) is 3.91. The van der Waals surface area contributed by atoms with E-state index in [1.807, 2.05) is 25.1 Å². The van der Waals surface area contributed by atoms with Crippen LogP contribution in [0.2, 0.25) is 5.02 Å². The van der Waals surface area contributed by atoms with E-state index in [0.717, 1.165) is 22.3 Å². The van der Waals surface area contributed by atoms with Gasteiger partial charge in [0, 0.05) is 6.54 Å². The second kappa shape index (κ2) is 4.86. The quantitative estimate of drug-likeness (QED) is 0.858. The molecule has 0 heterocycles. The molecule has 0 aliphatic rings. The maximum Gasteiger partial charge on any atom is 0.141 e. The van der Waals surface area contributed by atoms with Crippen LogP contribution in [0.1, 0.15) is 11.1 Å². The van der Waals surface area contributed by atoms with Crippen LogP contribution in [0.3, 0.4) is 0 Å². The molecule has 2 aromatic rings. The Labute approximate surface area is 105 Å². The lowest BCUT2D eigenvalue weighted by Gasteiger charge is -2.10. The number of hydrogen-bond donors (Lipinski definition) is 1. The van der Waals surface area contributed by atoms with Gasteiger partial charge >= 0.3 is 0 Å². The fraction of sp³-hybridized carbons (Fsp3) is 0.143. The number of hydrogen-bond acceptors (Lipinski definition) is 1. The molecular weight excluding hydrogens is 237 g/mol. The normalized spacial score (nSPS) is 10.6. The minimum atomic E-state index is -0.405. The SMILES string of the molecule is Cc1ccc(CN)c(-c2ccc(F)c(Cl)c2)c1. The van der Waals surface area contributed by atoms with Crippen molar-refractivity contribution in [1.29, 1.82) is 0 Å². The van der Waals surface area contributed by atoms with Crippen molar-refractivity contribution in [3.63, 3.8) is 0 Å². The summed E-state index contributed by atoms with van der Waals surface area (Å²) in [5.74, 6) is -0.405. The molecule has 0 aliphatic heterocycles. The standard InChI is InChI=1S/C14H13ClFN/c1-9-2-3-11(8-17)12(6-9)10-4-5-14(16)13(15)7-10/h2-7H,8,17H2,1H3. The van der Waals surface area contributed by atoms with Crippen LogP contribution in [0, 0.1) is 12.7 Å². The molecule has 0 aromatic heterocycles. The van der Waals surface area contributed by atoms with E-state index in [4.69, 9.17) is 17.3 Å². The van der Waals surface area contributed by atoms with E-state index >= 15 is 0 Å². The zero-order valence-electron chi connectivity index (χ0n) is 9.50. The van der Waals surface area contributed by atoms with E-state index in [-0.39, 0.29) is 5.02 Å². The Morgan fingerprint density at radius 1 is 1.18 bits per heavy atom. The Kier molecular flexibility index (Phi) is 3.46. The topological polar surface area (TPSA) is 26.0 Å². The van der Waals surface area contributed by atoms with Crippen molar-refractivity contribution >= 4 is 11.6 Å². The molecule has 0 saturated heterocycles. The second-order valence-corrected chi connectivity index (χ2v) is 4.40. The van der Waals surface area contributed by atoms with Crippen molar-refractivity contribution < 1.29 is 4.39 Å². The molecular formula is C14H13ClFN. The summed E-state index contributed by atoms with van der Waals surface area (Å²) in [6, 6.07) is 10.8. The van der Waals surface area contributed by atoms with E-state index in [9.17, 15) is 4.39 Å². The van der Waals surface area contributed by atoms with Crippen LogP contribution in [0.4, 0.5) is 4.39 Å². The first-order chi connectivity index (χ1) is 8.11. The summed E-state index contributed by atoms with van der Waals surface area (Å²) in [4.78, 5) is 0. The molecule has 2 N–H and O–H groups in total. The third-order valence-corrected chi connectivity index (χ3v) is 3.01. The zero-order chi connectivity index (χ0) is 12.4. The van der Waals surface area contributed by atoms with E-state index in [1.54, 1.807) is 12.1 Å². The van der Waals surface area contributed by atoms with Crippen LogP contribution in [-0.4, -0.2) is 0 Å². The maximum atomic E-state index is 13.1. The second-order valence-electron chi connectivity index (χ2n) is 3.99. The molecule has 0 unspecified atom stereocenters. The molecule has 0 aliphatic carbocycles. The lowest BCUT2D eigenvalue weighted by Crippen LogP contribution is -1.99. The highest BCUT2D eigenvalue weighted by Crippen LogP contribution is 2.28. The molecule has 2 aromatic carbocycles. The average Bonchev–Trinajstić information content (AvgIpc) is 2.32. The summed E-state index contributed by atoms with van der Waals surface area (Å²) < 4.78 is 13.1. The first-order valence-electron chi connectivity index (χ1n) is 5.37. The zero-order valence-corrected chi connectivity index (χ0v) is 10.3. The summed E-state index contributed by atoms with van der Waals surface area (Å²) in [6.45, 7) is 2.46. The average molecular weight is 250 g/mol. The Balaban J connectivity index is 2.58. The highest BCUT2D eigenvalue weighted by molar-refractivity contribution is 6.31. The van der Waals surface area contributed by atoms with Gasteiger partial charge in [-0.1, -0.05) is 41.4 Å². The summed E-state index contributed by atoms with van der Waals surface area (Å²) >= 11 is 5.79. The van der Waals surface area contributed by atoms with E-state index in [2.05, 4.69) is 0 Å². The lowest BCUT2D eigenvalue weighted by atomic mass is 9.97. The molecule has 0 atom stereocenters. The van der Waals surface area contributed by atoms with Crippen molar-refractivity contribution in [2.75, 3.05) is 0 Å². The first-order valence-corrected chi connectivity index (χ1v) is 5.74. The molecule has 2 rings (SSSR count). The molecule has 0 radical (unpaired) electrons. The molecule has 1 nitrogen and oxygen atoms in total. The Hall–Kier alpha value is -1.38. The predicted molar refractivity (Wildman–Crippen MR) is 69.5 cm³/mol. The number of nitrogens with two attached hydrogens (primary N) is 1. The van der Waals surface area contributed by atoms with Crippen LogP contribution >= 0.6 is 11.6 Å². The summed E-state index contributed by atoms with van der Waals surface area (Å²) in [5.41, 5.74) is 9.76. The molecule has 0 bridgehead atoms. The van der Waals surface area contributed by atoms with Crippen LogP contribution < -0.4 is 5.73 Å². The minimum Gasteiger partial charge on any atom is -0.326 e. The Bertz CT molecular complexity index is 552. The fourth-order valence-electron chi connectivity index (χ4n) is 1.80. The first kappa shape index (κ1) is 12.1. The van der Waals surface area contributed by atoms with Crippen LogP contribution in [0.5, 0.6) is 0 Å². The largest absolute Gasteiger partial charge is 0.326 e. The van der Waals surface area contributed by atoms with Crippen molar-refractivity contribution in [2.24, 2.45) is 5.73 Å². The van der Waals surface area contributed by atoms with Gasteiger partial charge in [0.2, 0.25) is 0 Å². The fourth-order valence-corrected chi connectivity index (χ4v) is 1.98. The molecule has 88 valence electrons. The summed E-state index contributed by atoms with van der Waals surface area (Å²) in [6.07, 6.45) is 0. The van der Waals surface area contributed by atoms with E-state index in [0.29, 0.717) is 6.54 Å². The van der Waals surface area contributed by atoms with Gasteiger partial charge in [-0.05, 0) is 35.7 Å². The van der Waals surface area contributed by atoms with E-state index in [1.165, 1.54) is 6.07 Å². The Morgan fingerprint density at radius 3 is 2.59 bits per heavy atom. The molecule has 17 heavy (non-hydrogen) atoms. The van der Waals surface area contributed by atoms with Crippen molar-refractivity contribution in [1.82, 2.24) is 0 Å². The number of rotatable bonds is 2. The van der Waals surface area contributed by atoms with Crippen molar-refractivity contribution in [3.05, 3.63) is 58.4 Å². The van der Waals surface area contributed by atoms with Gasteiger partial charge < -0.3 is 5.73 Å². The highest BCUT2D eigenvalue weighted by atomic mass is 35.5.